The lowest BCUT2D eigenvalue weighted by molar-refractivity contribution is -0.141. The van der Waals surface area contributed by atoms with E-state index in [9.17, 15) is 22.8 Å². The molecule has 9 heteroatoms. The summed E-state index contributed by atoms with van der Waals surface area (Å²) >= 11 is 0. The molecule has 0 atom stereocenters. The maximum Gasteiger partial charge on any atom is 0.433 e. The molecule has 0 radical (unpaired) electrons. The Hall–Kier alpha value is -2.32. The maximum atomic E-state index is 12.5. The van der Waals surface area contributed by atoms with E-state index < -0.39 is 23.7 Å². The molecule has 0 aromatic carbocycles. The summed E-state index contributed by atoms with van der Waals surface area (Å²) in [7, 11) is 0. The van der Waals surface area contributed by atoms with Crippen LogP contribution in [-0.2, 0) is 15.7 Å². The van der Waals surface area contributed by atoms with Crippen molar-refractivity contribution < 1.29 is 27.5 Å². The number of alkyl halides is 3. The molecule has 0 spiro atoms. The standard InChI is InChI=1S/C10H10F3N3O3/c1-2-19-9(18)6-3-4-7(10(11,12)13)15-8(6)16-14-5-17/h3-5H,2H2,1H3,(H,14,17)(H,15,16). The van der Waals surface area contributed by atoms with Crippen LogP contribution in [0.25, 0.3) is 0 Å². The van der Waals surface area contributed by atoms with Gasteiger partial charge in [0, 0.05) is 0 Å². The molecule has 2 N–H and O–H groups in total. The van der Waals surface area contributed by atoms with Gasteiger partial charge in [-0.25, -0.2) is 9.78 Å². The fourth-order valence-electron chi connectivity index (χ4n) is 1.18. The minimum absolute atomic E-state index is 0.0560. The molecule has 0 aliphatic heterocycles. The molecule has 1 aromatic rings. The topological polar surface area (TPSA) is 80.3 Å². The summed E-state index contributed by atoms with van der Waals surface area (Å²) in [6.07, 6.45) is -4.47. The van der Waals surface area contributed by atoms with Crippen molar-refractivity contribution in [2.75, 3.05) is 12.0 Å². The monoisotopic (exact) mass is 277 g/mol. The third kappa shape index (κ3) is 3.83. The predicted octanol–water partition coefficient (Wildman–Crippen LogP) is 1.35. The number of hydrazine groups is 1. The first-order valence-electron chi connectivity index (χ1n) is 5.10. The van der Waals surface area contributed by atoms with Crippen molar-refractivity contribution in [3.8, 4) is 0 Å². The van der Waals surface area contributed by atoms with Crippen molar-refractivity contribution in [1.29, 1.82) is 0 Å². The fraction of sp³-hybridized carbons (Fsp3) is 0.300. The molecular weight excluding hydrogens is 267 g/mol. The molecule has 0 aliphatic carbocycles. The first kappa shape index (κ1) is 14.7. The number of anilines is 1. The van der Waals surface area contributed by atoms with E-state index in [0.29, 0.717) is 6.07 Å². The molecule has 0 unspecified atom stereocenters. The zero-order chi connectivity index (χ0) is 14.5. The summed E-state index contributed by atoms with van der Waals surface area (Å²) < 4.78 is 42.1. The summed E-state index contributed by atoms with van der Waals surface area (Å²) in [6.45, 7) is 1.60. The van der Waals surface area contributed by atoms with E-state index in [1.165, 1.54) is 0 Å². The molecule has 0 bridgehead atoms. The number of halogens is 3. The number of carbonyl (C=O) groups excluding carboxylic acids is 2. The second-order valence-corrected chi connectivity index (χ2v) is 3.20. The highest BCUT2D eigenvalue weighted by Crippen LogP contribution is 2.29. The molecule has 1 aromatic heterocycles. The van der Waals surface area contributed by atoms with Crippen LogP contribution in [0.1, 0.15) is 23.0 Å². The highest BCUT2D eigenvalue weighted by Gasteiger charge is 2.33. The number of esters is 1. The first-order valence-corrected chi connectivity index (χ1v) is 5.10. The van der Waals surface area contributed by atoms with Gasteiger partial charge in [-0.05, 0) is 19.1 Å². The van der Waals surface area contributed by atoms with E-state index in [1.54, 1.807) is 6.92 Å². The zero-order valence-corrected chi connectivity index (χ0v) is 9.75. The van der Waals surface area contributed by atoms with E-state index in [4.69, 9.17) is 0 Å². The van der Waals surface area contributed by atoms with E-state index in [0.717, 1.165) is 6.07 Å². The number of amides is 1. The van der Waals surface area contributed by atoms with Crippen molar-refractivity contribution in [3.05, 3.63) is 23.4 Å². The summed E-state index contributed by atoms with van der Waals surface area (Å²) in [6, 6.07) is 1.57. The van der Waals surface area contributed by atoms with E-state index in [1.807, 2.05) is 5.43 Å². The Labute approximate surface area is 105 Å². The summed E-state index contributed by atoms with van der Waals surface area (Å²) in [5, 5.41) is 0. The van der Waals surface area contributed by atoms with Crippen molar-refractivity contribution in [3.63, 3.8) is 0 Å². The zero-order valence-electron chi connectivity index (χ0n) is 9.75. The molecular formula is C10H10F3N3O3. The van der Waals surface area contributed by atoms with Crippen LogP contribution in [0.4, 0.5) is 19.0 Å². The van der Waals surface area contributed by atoms with Gasteiger partial charge >= 0.3 is 12.1 Å². The first-order chi connectivity index (χ1) is 8.90. The largest absolute Gasteiger partial charge is 0.462 e. The summed E-state index contributed by atoms with van der Waals surface area (Å²) in [4.78, 5) is 24.8. The van der Waals surface area contributed by atoms with Gasteiger partial charge in [-0.3, -0.25) is 15.6 Å². The van der Waals surface area contributed by atoms with Crippen LogP contribution in [0.15, 0.2) is 12.1 Å². The van der Waals surface area contributed by atoms with Crippen LogP contribution in [-0.4, -0.2) is 24.0 Å². The highest BCUT2D eigenvalue weighted by atomic mass is 19.4. The number of hydrogen-bond acceptors (Lipinski definition) is 5. The van der Waals surface area contributed by atoms with Gasteiger partial charge in [0.25, 0.3) is 0 Å². The van der Waals surface area contributed by atoms with Gasteiger partial charge in [-0.15, -0.1) is 0 Å². The lowest BCUT2D eigenvalue weighted by Gasteiger charge is -2.12. The number of nitrogens with zero attached hydrogens (tertiary/aromatic N) is 1. The average Bonchev–Trinajstić information content (AvgIpc) is 2.35. The van der Waals surface area contributed by atoms with Gasteiger partial charge in [-0.1, -0.05) is 0 Å². The molecule has 1 rings (SSSR count). The van der Waals surface area contributed by atoms with Gasteiger partial charge in [0.1, 0.15) is 11.3 Å². The number of carbonyl (C=O) groups is 2. The Morgan fingerprint density at radius 3 is 2.68 bits per heavy atom. The van der Waals surface area contributed by atoms with Gasteiger partial charge in [0.2, 0.25) is 6.41 Å². The van der Waals surface area contributed by atoms with Crippen molar-refractivity contribution in [1.82, 2.24) is 10.4 Å². The average molecular weight is 277 g/mol. The quantitative estimate of drug-likeness (QED) is 0.482. The Bertz CT molecular complexity index is 477. The molecule has 0 saturated carbocycles. The number of hydrogen-bond donors (Lipinski definition) is 2. The number of ether oxygens (including phenoxy) is 1. The van der Waals surface area contributed by atoms with Crippen molar-refractivity contribution in [2.45, 2.75) is 13.1 Å². The smallest absolute Gasteiger partial charge is 0.433 e. The normalized spacial score (nSPS) is 10.7. The number of rotatable bonds is 5. The van der Waals surface area contributed by atoms with Gasteiger partial charge in [-0.2, -0.15) is 13.2 Å². The molecule has 0 aliphatic rings. The molecule has 1 heterocycles. The van der Waals surface area contributed by atoms with E-state index >= 15 is 0 Å². The van der Waals surface area contributed by atoms with Gasteiger partial charge in [0.15, 0.2) is 5.82 Å². The second-order valence-electron chi connectivity index (χ2n) is 3.20. The fourth-order valence-corrected chi connectivity index (χ4v) is 1.18. The molecule has 0 saturated heterocycles. The summed E-state index contributed by atoms with van der Waals surface area (Å²) in [5.74, 6) is -1.29. The van der Waals surface area contributed by atoms with Crippen molar-refractivity contribution in [2.24, 2.45) is 0 Å². The maximum absolute atomic E-state index is 12.5. The Morgan fingerprint density at radius 2 is 2.16 bits per heavy atom. The number of pyridine rings is 1. The third-order valence-electron chi connectivity index (χ3n) is 1.93. The third-order valence-corrected chi connectivity index (χ3v) is 1.93. The predicted molar refractivity (Wildman–Crippen MR) is 58.0 cm³/mol. The van der Waals surface area contributed by atoms with Crippen molar-refractivity contribution >= 4 is 18.2 Å². The SMILES string of the molecule is CCOC(=O)c1ccc(C(F)(F)F)nc1NNC=O. The van der Waals surface area contributed by atoms with Crippen LogP contribution < -0.4 is 10.9 Å². The van der Waals surface area contributed by atoms with E-state index in [-0.39, 0.29) is 18.6 Å². The van der Waals surface area contributed by atoms with E-state index in [2.05, 4.69) is 15.1 Å². The van der Waals surface area contributed by atoms with Gasteiger partial charge < -0.3 is 4.74 Å². The Balaban J connectivity index is 3.16. The molecule has 0 fully saturated rings. The Kier molecular flexibility index (Phi) is 4.67. The lowest BCUT2D eigenvalue weighted by Crippen LogP contribution is -2.24. The molecule has 1 amide bonds. The van der Waals surface area contributed by atoms with Crippen LogP contribution in [0.3, 0.4) is 0 Å². The van der Waals surface area contributed by atoms with Crippen LogP contribution >= 0.6 is 0 Å². The number of aromatic nitrogens is 1. The molecule has 6 nitrogen and oxygen atoms in total. The molecule has 19 heavy (non-hydrogen) atoms. The minimum Gasteiger partial charge on any atom is -0.462 e. The lowest BCUT2D eigenvalue weighted by atomic mass is 10.2. The minimum atomic E-state index is -4.66. The second kappa shape index (κ2) is 6.03. The van der Waals surface area contributed by atoms with Crippen LogP contribution in [0.2, 0.25) is 0 Å². The number of nitrogens with one attached hydrogen (secondary N) is 2. The Morgan fingerprint density at radius 1 is 1.47 bits per heavy atom. The molecule has 104 valence electrons. The summed E-state index contributed by atoms with van der Waals surface area (Å²) in [5.41, 5.74) is 2.58. The van der Waals surface area contributed by atoms with Gasteiger partial charge in [0.05, 0.1) is 6.61 Å². The highest BCUT2D eigenvalue weighted by molar-refractivity contribution is 5.94. The van der Waals surface area contributed by atoms with Crippen LogP contribution in [0.5, 0.6) is 0 Å². The van der Waals surface area contributed by atoms with Crippen LogP contribution in [0, 0.1) is 0 Å².